The summed E-state index contributed by atoms with van der Waals surface area (Å²) in [4.78, 5) is 2.29. The van der Waals surface area contributed by atoms with Gasteiger partial charge in [-0.25, -0.2) is 0 Å². The van der Waals surface area contributed by atoms with Gasteiger partial charge < -0.3 is 10.0 Å². The molecule has 1 N–H and O–H groups in total. The highest BCUT2D eigenvalue weighted by atomic mass is 35.5. The third-order valence-electron chi connectivity index (χ3n) is 2.31. The fourth-order valence-electron chi connectivity index (χ4n) is 1.51. The van der Waals surface area contributed by atoms with E-state index in [1.165, 1.54) is 11.5 Å². The van der Waals surface area contributed by atoms with E-state index < -0.39 is 0 Å². The fourth-order valence-corrected chi connectivity index (χ4v) is 2.59. The van der Waals surface area contributed by atoms with Crippen molar-refractivity contribution >= 4 is 29.1 Å². The molecule has 4 heteroatoms. The van der Waals surface area contributed by atoms with Gasteiger partial charge >= 0.3 is 0 Å². The first-order chi connectivity index (χ1) is 6.77. The third-order valence-corrected chi connectivity index (χ3v) is 3.55. The first-order valence-electron chi connectivity index (χ1n) is 4.58. The van der Waals surface area contributed by atoms with Crippen molar-refractivity contribution in [1.29, 1.82) is 0 Å². The van der Waals surface area contributed by atoms with Gasteiger partial charge in [0.2, 0.25) is 0 Å². The second kappa shape index (κ2) is 4.32. The number of anilines is 1. The molecule has 1 aromatic rings. The number of phenolic OH excluding ortho intramolecular Hbond substituents is 1. The Labute approximate surface area is 92.9 Å². The maximum absolute atomic E-state index is 9.29. The number of halogens is 1. The lowest BCUT2D eigenvalue weighted by atomic mass is 10.2. The molecule has 0 aliphatic carbocycles. The van der Waals surface area contributed by atoms with Gasteiger partial charge in [-0.1, -0.05) is 11.6 Å². The Morgan fingerprint density at radius 1 is 1.29 bits per heavy atom. The molecular formula is C10H12ClNOS. The van der Waals surface area contributed by atoms with E-state index in [1.807, 2.05) is 23.9 Å². The average molecular weight is 230 g/mol. The van der Waals surface area contributed by atoms with E-state index in [-0.39, 0.29) is 5.75 Å². The maximum atomic E-state index is 9.29. The summed E-state index contributed by atoms with van der Waals surface area (Å²) in [7, 11) is 0. The molecule has 2 nitrogen and oxygen atoms in total. The van der Waals surface area contributed by atoms with Gasteiger partial charge in [0.1, 0.15) is 5.75 Å². The van der Waals surface area contributed by atoms with Crippen LogP contribution in [0, 0.1) is 0 Å². The van der Waals surface area contributed by atoms with Crippen molar-refractivity contribution in [3.8, 4) is 5.75 Å². The zero-order valence-electron chi connectivity index (χ0n) is 7.74. The predicted molar refractivity (Wildman–Crippen MR) is 62.7 cm³/mol. The zero-order valence-corrected chi connectivity index (χ0v) is 9.31. The van der Waals surface area contributed by atoms with Gasteiger partial charge in [-0.2, -0.15) is 11.8 Å². The Balaban J connectivity index is 2.18. The molecule has 0 amide bonds. The summed E-state index contributed by atoms with van der Waals surface area (Å²) >= 11 is 7.83. The van der Waals surface area contributed by atoms with Gasteiger partial charge in [-0.3, -0.25) is 0 Å². The minimum absolute atomic E-state index is 0.154. The summed E-state index contributed by atoms with van der Waals surface area (Å²) in [6, 6.07) is 5.39. The van der Waals surface area contributed by atoms with Crippen molar-refractivity contribution in [1.82, 2.24) is 0 Å². The molecule has 0 aromatic heterocycles. The van der Waals surface area contributed by atoms with Crippen LogP contribution in [0.2, 0.25) is 5.02 Å². The Kier molecular flexibility index (Phi) is 3.08. The molecular weight excluding hydrogens is 218 g/mol. The molecule has 1 saturated heterocycles. The van der Waals surface area contributed by atoms with Gasteiger partial charge in [0, 0.05) is 30.3 Å². The van der Waals surface area contributed by atoms with Crippen molar-refractivity contribution in [3.63, 3.8) is 0 Å². The smallest absolute Gasteiger partial charge is 0.134 e. The van der Waals surface area contributed by atoms with E-state index in [0.29, 0.717) is 5.02 Å². The molecule has 1 heterocycles. The molecule has 0 bridgehead atoms. The van der Waals surface area contributed by atoms with Crippen LogP contribution in [-0.4, -0.2) is 29.7 Å². The number of benzene rings is 1. The lowest BCUT2D eigenvalue weighted by Crippen LogP contribution is -2.32. The predicted octanol–water partition coefficient (Wildman–Crippen LogP) is 2.60. The number of nitrogens with zero attached hydrogens (tertiary/aromatic N) is 1. The van der Waals surface area contributed by atoms with E-state index in [1.54, 1.807) is 6.07 Å². The van der Waals surface area contributed by atoms with Crippen LogP contribution in [0.15, 0.2) is 18.2 Å². The maximum Gasteiger partial charge on any atom is 0.134 e. The summed E-state index contributed by atoms with van der Waals surface area (Å²) in [5.41, 5.74) is 1.10. The van der Waals surface area contributed by atoms with Crippen molar-refractivity contribution in [2.75, 3.05) is 29.5 Å². The normalized spacial score (nSPS) is 17.1. The topological polar surface area (TPSA) is 23.5 Å². The number of hydrogen-bond donors (Lipinski definition) is 1. The average Bonchev–Trinajstić information content (AvgIpc) is 2.23. The van der Waals surface area contributed by atoms with Crippen molar-refractivity contribution < 1.29 is 5.11 Å². The van der Waals surface area contributed by atoms with Crippen LogP contribution in [0.4, 0.5) is 5.69 Å². The van der Waals surface area contributed by atoms with E-state index in [2.05, 4.69) is 4.90 Å². The molecule has 76 valence electrons. The lowest BCUT2D eigenvalue weighted by molar-refractivity contribution is 0.475. The number of rotatable bonds is 1. The van der Waals surface area contributed by atoms with Crippen molar-refractivity contribution in [2.45, 2.75) is 0 Å². The lowest BCUT2D eigenvalue weighted by Gasteiger charge is -2.28. The van der Waals surface area contributed by atoms with E-state index >= 15 is 0 Å². The van der Waals surface area contributed by atoms with E-state index in [4.69, 9.17) is 11.6 Å². The van der Waals surface area contributed by atoms with Crippen molar-refractivity contribution in [3.05, 3.63) is 23.2 Å². The highest BCUT2D eigenvalue weighted by molar-refractivity contribution is 7.99. The second-order valence-corrected chi connectivity index (χ2v) is 4.87. The monoisotopic (exact) mass is 229 g/mol. The SMILES string of the molecule is Oc1ccc(N2CCSCC2)cc1Cl. The molecule has 1 aliphatic rings. The Bertz CT molecular complexity index is 326. The summed E-state index contributed by atoms with van der Waals surface area (Å²) in [5, 5.41) is 9.72. The zero-order chi connectivity index (χ0) is 9.97. The van der Waals surface area contributed by atoms with Gasteiger partial charge in [0.05, 0.1) is 5.02 Å². The largest absolute Gasteiger partial charge is 0.506 e. The van der Waals surface area contributed by atoms with Crippen LogP contribution in [0.1, 0.15) is 0 Å². The number of phenols is 1. The first kappa shape index (κ1) is 9.99. The van der Waals surface area contributed by atoms with Crippen molar-refractivity contribution in [2.24, 2.45) is 0 Å². The Morgan fingerprint density at radius 2 is 2.00 bits per heavy atom. The molecule has 0 radical (unpaired) electrons. The van der Waals surface area contributed by atoms with Gasteiger partial charge in [-0.15, -0.1) is 0 Å². The van der Waals surface area contributed by atoms with Crippen LogP contribution in [0.3, 0.4) is 0 Å². The van der Waals surface area contributed by atoms with E-state index in [9.17, 15) is 5.11 Å². The summed E-state index contributed by atoms with van der Waals surface area (Å²) in [5.74, 6) is 2.48. The molecule has 0 spiro atoms. The quantitative estimate of drug-likeness (QED) is 0.801. The Hall–Kier alpha value is -0.540. The van der Waals surface area contributed by atoms with Crippen LogP contribution < -0.4 is 4.90 Å². The minimum Gasteiger partial charge on any atom is -0.506 e. The third kappa shape index (κ3) is 2.10. The molecule has 2 rings (SSSR count). The highest BCUT2D eigenvalue weighted by Gasteiger charge is 2.11. The minimum atomic E-state index is 0.154. The second-order valence-electron chi connectivity index (χ2n) is 3.24. The number of thioether (sulfide) groups is 1. The fraction of sp³-hybridized carbons (Fsp3) is 0.400. The van der Waals surface area contributed by atoms with Crippen LogP contribution in [0.5, 0.6) is 5.75 Å². The standard InChI is InChI=1S/C10H12ClNOS/c11-9-7-8(1-2-10(9)13)12-3-5-14-6-4-12/h1-2,7,13H,3-6H2. The highest BCUT2D eigenvalue weighted by Crippen LogP contribution is 2.29. The van der Waals surface area contributed by atoms with Crippen LogP contribution in [0.25, 0.3) is 0 Å². The van der Waals surface area contributed by atoms with Gasteiger partial charge in [0.25, 0.3) is 0 Å². The molecule has 1 aliphatic heterocycles. The molecule has 0 atom stereocenters. The summed E-state index contributed by atoms with van der Waals surface area (Å²) < 4.78 is 0. The van der Waals surface area contributed by atoms with Crippen LogP contribution >= 0.6 is 23.4 Å². The summed E-state index contributed by atoms with van der Waals surface area (Å²) in [6.45, 7) is 2.12. The van der Waals surface area contributed by atoms with E-state index in [0.717, 1.165) is 18.8 Å². The number of hydrogen-bond acceptors (Lipinski definition) is 3. The molecule has 1 aromatic carbocycles. The van der Waals surface area contributed by atoms with Gasteiger partial charge in [-0.05, 0) is 18.2 Å². The molecule has 0 unspecified atom stereocenters. The summed E-state index contributed by atoms with van der Waals surface area (Å²) in [6.07, 6.45) is 0. The molecule has 0 saturated carbocycles. The first-order valence-corrected chi connectivity index (χ1v) is 6.12. The van der Waals surface area contributed by atoms with Crippen LogP contribution in [-0.2, 0) is 0 Å². The number of aromatic hydroxyl groups is 1. The molecule has 14 heavy (non-hydrogen) atoms. The molecule has 1 fully saturated rings. The Morgan fingerprint density at radius 3 is 2.64 bits per heavy atom. The van der Waals surface area contributed by atoms with Gasteiger partial charge in [0.15, 0.2) is 0 Å².